The standard InChI is InChI=1S/C11H16N6O4S/c1-20-11-3-2-9-13-14-10(17(9)15-11)8-12-22(18,19)16-4-6-21-7-5-16/h2-3,12H,4-8H2,1H3. The first-order valence-corrected chi connectivity index (χ1v) is 8.12. The summed E-state index contributed by atoms with van der Waals surface area (Å²) >= 11 is 0. The first-order chi connectivity index (χ1) is 10.6. The Hall–Kier alpha value is -1.82. The zero-order valence-corrected chi connectivity index (χ0v) is 12.8. The smallest absolute Gasteiger partial charge is 0.280 e. The van der Waals surface area contributed by atoms with Gasteiger partial charge in [0, 0.05) is 19.2 Å². The Morgan fingerprint density at radius 3 is 2.82 bits per heavy atom. The third-order valence-electron chi connectivity index (χ3n) is 3.23. The molecule has 0 radical (unpaired) electrons. The van der Waals surface area contributed by atoms with Crippen molar-refractivity contribution in [3.05, 3.63) is 18.0 Å². The third kappa shape index (κ3) is 3.02. The average Bonchev–Trinajstić information content (AvgIpc) is 2.96. The maximum absolute atomic E-state index is 12.2. The van der Waals surface area contributed by atoms with Gasteiger partial charge in [0.2, 0.25) is 5.88 Å². The topological polar surface area (TPSA) is 111 Å². The van der Waals surface area contributed by atoms with E-state index in [0.29, 0.717) is 43.7 Å². The molecule has 22 heavy (non-hydrogen) atoms. The van der Waals surface area contributed by atoms with E-state index in [2.05, 4.69) is 20.0 Å². The predicted octanol–water partition coefficient (Wildman–Crippen LogP) is -1.20. The number of methoxy groups -OCH3 is 1. The molecule has 2 aromatic rings. The second-order valence-electron chi connectivity index (χ2n) is 4.60. The number of nitrogens with zero attached hydrogens (tertiary/aromatic N) is 5. The number of hydrogen-bond acceptors (Lipinski definition) is 7. The van der Waals surface area contributed by atoms with E-state index in [-0.39, 0.29) is 6.54 Å². The number of ether oxygens (including phenoxy) is 2. The molecule has 0 unspecified atom stereocenters. The number of rotatable bonds is 5. The van der Waals surface area contributed by atoms with Gasteiger partial charge in [-0.2, -0.15) is 22.0 Å². The highest BCUT2D eigenvalue weighted by atomic mass is 32.2. The van der Waals surface area contributed by atoms with Crippen molar-refractivity contribution in [1.29, 1.82) is 0 Å². The Labute approximate surface area is 127 Å². The second-order valence-corrected chi connectivity index (χ2v) is 6.35. The number of fused-ring (bicyclic) bond motifs is 1. The van der Waals surface area contributed by atoms with Crippen molar-refractivity contribution in [3.63, 3.8) is 0 Å². The molecule has 0 saturated carbocycles. The van der Waals surface area contributed by atoms with Crippen molar-refractivity contribution in [3.8, 4) is 5.88 Å². The van der Waals surface area contributed by atoms with Crippen LogP contribution in [0.15, 0.2) is 12.1 Å². The minimum absolute atomic E-state index is 0.0129. The lowest BCUT2D eigenvalue weighted by atomic mass is 10.5. The largest absolute Gasteiger partial charge is 0.480 e. The molecule has 3 heterocycles. The van der Waals surface area contributed by atoms with Crippen LogP contribution in [-0.2, 0) is 21.5 Å². The first-order valence-electron chi connectivity index (χ1n) is 6.68. The summed E-state index contributed by atoms with van der Waals surface area (Å²) in [5.74, 6) is 0.773. The molecule has 0 atom stereocenters. The Morgan fingerprint density at radius 1 is 1.32 bits per heavy atom. The van der Waals surface area contributed by atoms with Crippen molar-refractivity contribution >= 4 is 15.9 Å². The van der Waals surface area contributed by atoms with E-state index in [1.807, 2.05) is 0 Å². The Balaban J connectivity index is 1.75. The minimum atomic E-state index is -3.58. The summed E-state index contributed by atoms with van der Waals surface area (Å²) in [7, 11) is -2.08. The van der Waals surface area contributed by atoms with E-state index in [1.165, 1.54) is 15.9 Å². The van der Waals surface area contributed by atoms with Gasteiger partial charge in [-0.25, -0.2) is 0 Å². The van der Waals surface area contributed by atoms with Crippen molar-refractivity contribution in [1.82, 2.24) is 28.8 Å². The maximum atomic E-state index is 12.2. The summed E-state index contributed by atoms with van der Waals surface area (Å²) in [6, 6.07) is 3.35. The molecule has 0 aromatic carbocycles. The van der Waals surface area contributed by atoms with Crippen LogP contribution in [0.2, 0.25) is 0 Å². The Kier molecular flexibility index (Phi) is 4.20. The molecule has 0 amide bonds. The van der Waals surface area contributed by atoms with Crippen LogP contribution in [0.5, 0.6) is 5.88 Å². The van der Waals surface area contributed by atoms with Gasteiger partial charge in [-0.15, -0.1) is 15.3 Å². The second kappa shape index (κ2) is 6.12. The average molecular weight is 328 g/mol. The van der Waals surface area contributed by atoms with Gasteiger partial charge in [0.05, 0.1) is 26.9 Å². The van der Waals surface area contributed by atoms with Crippen LogP contribution >= 0.6 is 0 Å². The highest BCUT2D eigenvalue weighted by Crippen LogP contribution is 2.09. The van der Waals surface area contributed by atoms with Gasteiger partial charge in [-0.3, -0.25) is 0 Å². The van der Waals surface area contributed by atoms with E-state index in [9.17, 15) is 8.42 Å². The summed E-state index contributed by atoms with van der Waals surface area (Å²) in [5.41, 5.74) is 0.515. The zero-order valence-electron chi connectivity index (χ0n) is 12.0. The summed E-state index contributed by atoms with van der Waals surface area (Å²) in [5, 5.41) is 12.0. The molecule has 120 valence electrons. The normalized spacial score (nSPS) is 17.0. The summed E-state index contributed by atoms with van der Waals surface area (Å²) < 4.78 is 39.9. The molecule has 0 aliphatic carbocycles. The van der Waals surface area contributed by atoms with Crippen molar-refractivity contribution < 1.29 is 17.9 Å². The van der Waals surface area contributed by atoms with E-state index < -0.39 is 10.2 Å². The lowest BCUT2D eigenvalue weighted by Gasteiger charge is -2.25. The molecular weight excluding hydrogens is 312 g/mol. The molecule has 10 nitrogen and oxygen atoms in total. The Morgan fingerprint density at radius 2 is 2.09 bits per heavy atom. The molecule has 0 spiro atoms. The van der Waals surface area contributed by atoms with Crippen LogP contribution in [0.3, 0.4) is 0 Å². The molecule has 3 rings (SSSR count). The molecule has 1 saturated heterocycles. The summed E-state index contributed by atoms with van der Waals surface area (Å²) in [6.07, 6.45) is 0. The molecule has 2 aromatic heterocycles. The van der Waals surface area contributed by atoms with Crippen LogP contribution < -0.4 is 9.46 Å². The fourth-order valence-corrected chi connectivity index (χ4v) is 3.19. The van der Waals surface area contributed by atoms with Gasteiger partial charge < -0.3 is 9.47 Å². The van der Waals surface area contributed by atoms with Crippen LogP contribution in [0.4, 0.5) is 0 Å². The fourth-order valence-electron chi connectivity index (χ4n) is 2.07. The Bertz CT molecular complexity index is 755. The highest BCUT2D eigenvalue weighted by Gasteiger charge is 2.24. The quantitative estimate of drug-likeness (QED) is 0.734. The van der Waals surface area contributed by atoms with Gasteiger partial charge >= 0.3 is 0 Å². The van der Waals surface area contributed by atoms with Gasteiger partial charge in [0.1, 0.15) is 0 Å². The molecule has 1 fully saturated rings. The molecular formula is C11H16N6O4S. The zero-order chi connectivity index (χ0) is 15.6. The highest BCUT2D eigenvalue weighted by molar-refractivity contribution is 7.87. The van der Waals surface area contributed by atoms with Crippen LogP contribution in [0.25, 0.3) is 5.65 Å². The van der Waals surface area contributed by atoms with E-state index in [4.69, 9.17) is 9.47 Å². The monoisotopic (exact) mass is 328 g/mol. The van der Waals surface area contributed by atoms with Crippen LogP contribution in [0.1, 0.15) is 5.82 Å². The maximum Gasteiger partial charge on any atom is 0.280 e. The van der Waals surface area contributed by atoms with Gasteiger partial charge in [-0.1, -0.05) is 0 Å². The molecule has 1 aliphatic heterocycles. The van der Waals surface area contributed by atoms with Crippen molar-refractivity contribution in [2.45, 2.75) is 6.54 Å². The number of hydrogen-bond donors (Lipinski definition) is 1. The van der Waals surface area contributed by atoms with Gasteiger partial charge in [-0.05, 0) is 6.07 Å². The van der Waals surface area contributed by atoms with E-state index in [1.54, 1.807) is 12.1 Å². The predicted molar refractivity (Wildman–Crippen MR) is 75.5 cm³/mol. The lowest BCUT2D eigenvalue weighted by molar-refractivity contribution is 0.0724. The lowest BCUT2D eigenvalue weighted by Crippen LogP contribution is -2.46. The van der Waals surface area contributed by atoms with Crippen LogP contribution in [-0.4, -0.2) is 65.9 Å². The van der Waals surface area contributed by atoms with Crippen molar-refractivity contribution in [2.24, 2.45) is 0 Å². The molecule has 0 bridgehead atoms. The summed E-state index contributed by atoms with van der Waals surface area (Å²) in [4.78, 5) is 0. The van der Waals surface area contributed by atoms with E-state index in [0.717, 1.165) is 0 Å². The van der Waals surface area contributed by atoms with Crippen molar-refractivity contribution in [2.75, 3.05) is 33.4 Å². The molecule has 1 aliphatic rings. The van der Waals surface area contributed by atoms with Crippen LogP contribution in [0, 0.1) is 0 Å². The minimum Gasteiger partial charge on any atom is -0.480 e. The third-order valence-corrected chi connectivity index (χ3v) is 4.79. The van der Waals surface area contributed by atoms with E-state index >= 15 is 0 Å². The SMILES string of the molecule is COc1ccc2nnc(CNS(=O)(=O)N3CCOCC3)n2n1. The number of morpholine rings is 1. The summed E-state index contributed by atoms with van der Waals surface area (Å²) in [6.45, 7) is 1.45. The number of nitrogens with one attached hydrogen (secondary N) is 1. The first kappa shape index (κ1) is 15.1. The van der Waals surface area contributed by atoms with Gasteiger partial charge in [0.15, 0.2) is 11.5 Å². The molecule has 11 heteroatoms. The molecule has 1 N–H and O–H groups in total. The number of aromatic nitrogens is 4. The van der Waals surface area contributed by atoms with Gasteiger partial charge in [0.25, 0.3) is 10.2 Å². The fraction of sp³-hybridized carbons (Fsp3) is 0.545.